The van der Waals surface area contributed by atoms with Gasteiger partial charge in [0.05, 0.1) is 12.5 Å². The van der Waals surface area contributed by atoms with Gasteiger partial charge in [0.2, 0.25) is 6.41 Å². The van der Waals surface area contributed by atoms with Gasteiger partial charge in [-0.05, 0) is 30.5 Å². The van der Waals surface area contributed by atoms with E-state index in [2.05, 4.69) is 17.0 Å². The van der Waals surface area contributed by atoms with Gasteiger partial charge in [-0.15, -0.1) is 0 Å². The first-order valence-electron chi connectivity index (χ1n) is 10.7. The molecule has 1 aromatic heterocycles. The molecule has 1 fully saturated rings. The summed E-state index contributed by atoms with van der Waals surface area (Å²) >= 11 is 0. The molecule has 3 rings (SSSR count). The quantitative estimate of drug-likeness (QED) is 0.433. The van der Waals surface area contributed by atoms with Crippen LogP contribution in [0.2, 0.25) is 0 Å². The molecule has 2 atom stereocenters. The summed E-state index contributed by atoms with van der Waals surface area (Å²) in [6.07, 6.45) is 3.49. The molecule has 3 N–H and O–H groups in total. The number of aromatic nitrogens is 2. The summed E-state index contributed by atoms with van der Waals surface area (Å²) in [6.45, 7) is 6.05. The number of rotatable bonds is 9. The van der Waals surface area contributed by atoms with Crippen LogP contribution in [0, 0.1) is 17.1 Å². The monoisotopic (exact) mass is 468 g/mol. The van der Waals surface area contributed by atoms with Crippen LogP contribution in [0.15, 0.2) is 43.1 Å². The molecular weight excluding hydrogens is 442 g/mol. The van der Waals surface area contributed by atoms with Crippen molar-refractivity contribution in [3.05, 3.63) is 65.6 Å². The standard InChI is InChI=1S/C24H26F2N6O2/c1-3-16(4-2)17-5-6-18(20(25)11-17)12-31-10-8-24(7-9-27,21(26)14-31)32-13-19(22(28)34)23(30-32)29-15-33/h3-6,11,13,15,21H,1,7-8,10,12,14H2,2H3,(H2,28,34)(H,29,30,33)/b16-4+. The smallest absolute Gasteiger partial charge is 0.254 e. The largest absolute Gasteiger partial charge is 0.365 e. The van der Waals surface area contributed by atoms with Crippen molar-refractivity contribution in [2.75, 3.05) is 18.4 Å². The van der Waals surface area contributed by atoms with Crippen LogP contribution in [0.1, 0.15) is 41.3 Å². The van der Waals surface area contributed by atoms with Gasteiger partial charge in [-0.25, -0.2) is 8.78 Å². The minimum Gasteiger partial charge on any atom is -0.365 e. The van der Waals surface area contributed by atoms with Crippen LogP contribution in [0.4, 0.5) is 14.6 Å². The van der Waals surface area contributed by atoms with Crippen molar-refractivity contribution < 1.29 is 18.4 Å². The number of likely N-dealkylation sites (tertiary alicyclic amines) is 1. The number of benzene rings is 1. The number of nitriles is 1. The maximum absolute atomic E-state index is 15.6. The van der Waals surface area contributed by atoms with E-state index in [9.17, 15) is 19.2 Å². The number of hydrogen-bond donors (Lipinski definition) is 2. The van der Waals surface area contributed by atoms with Crippen molar-refractivity contribution in [1.82, 2.24) is 14.7 Å². The summed E-state index contributed by atoms with van der Waals surface area (Å²) in [5.74, 6) is -1.34. The van der Waals surface area contributed by atoms with Crippen LogP contribution in [-0.2, 0) is 16.9 Å². The average Bonchev–Trinajstić information content (AvgIpc) is 3.23. The van der Waals surface area contributed by atoms with Crippen LogP contribution in [0.5, 0.6) is 0 Å². The van der Waals surface area contributed by atoms with Gasteiger partial charge >= 0.3 is 0 Å². The molecule has 0 bridgehead atoms. The van der Waals surface area contributed by atoms with Gasteiger partial charge in [0.1, 0.15) is 23.1 Å². The molecule has 1 aromatic carbocycles. The number of allylic oxidation sites excluding steroid dienone is 3. The number of primary amides is 1. The Kier molecular flexibility index (Phi) is 7.58. The van der Waals surface area contributed by atoms with Crippen molar-refractivity contribution in [2.24, 2.45) is 5.73 Å². The zero-order valence-electron chi connectivity index (χ0n) is 18.8. The minimum absolute atomic E-state index is 0.0716. The number of halogens is 2. The van der Waals surface area contributed by atoms with Crippen LogP contribution in [-0.4, -0.2) is 46.3 Å². The van der Waals surface area contributed by atoms with E-state index >= 15 is 4.39 Å². The van der Waals surface area contributed by atoms with E-state index in [-0.39, 0.29) is 37.3 Å². The second kappa shape index (κ2) is 10.4. The zero-order valence-corrected chi connectivity index (χ0v) is 18.8. The predicted molar refractivity (Wildman–Crippen MR) is 124 cm³/mol. The Morgan fingerprint density at radius 3 is 2.82 bits per heavy atom. The second-order valence-corrected chi connectivity index (χ2v) is 8.11. The molecular formula is C24H26F2N6O2. The third kappa shape index (κ3) is 4.75. The zero-order chi connectivity index (χ0) is 24.9. The fourth-order valence-corrected chi connectivity index (χ4v) is 4.26. The van der Waals surface area contributed by atoms with Crippen molar-refractivity contribution in [1.29, 1.82) is 5.26 Å². The van der Waals surface area contributed by atoms with Gasteiger partial charge in [-0.2, -0.15) is 10.4 Å². The Bertz CT molecular complexity index is 1170. The lowest BCUT2D eigenvalue weighted by Gasteiger charge is -2.43. The fourth-order valence-electron chi connectivity index (χ4n) is 4.26. The highest BCUT2D eigenvalue weighted by atomic mass is 19.1. The van der Waals surface area contributed by atoms with E-state index in [1.54, 1.807) is 23.1 Å². The summed E-state index contributed by atoms with van der Waals surface area (Å²) in [4.78, 5) is 24.4. The molecule has 2 unspecified atom stereocenters. The third-order valence-electron chi connectivity index (χ3n) is 6.19. The Hall–Kier alpha value is -3.84. The molecule has 0 radical (unpaired) electrons. The molecule has 0 aliphatic carbocycles. The minimum atomic E-state index is -1.55. The average molecular weight is 469 g/mol. The molecule has 1 aliphatic rings. The fraction of sp³-hybridized carbons (Fsp3) is 0.333. The van der Waals surface area contributed by atoms with Gasteiger partial charge < -0.3 is 11.1 Å². The van der Waals surface area contributed by atoms with Crippen LogP contribution < -0.4 is 11.1 Å². The summed E-state index contributed by atoms with van der Waals surface area (Å²) in [5, 5.41) is 15.8. The van der Waals surface area contributed by atoms with E-state index in [4.69, 9.17) is 5.73 Å². The lowest BCUT2D eigenvalue weighted by atomic mass is 9.83. The number of amides is 2. The number of nitrogens with zero attached hydrogens (tertiary/aromatic N) is 4. The number of carbonyl (C=O) groups is 2. The van der Waals surface area contributed by atoms with Crippen molar-refractivity contribution in [2.45, 2.75) is 38.0 Å². The lowest BCUT2D eigenvalue weighted by molar-refractivity contribution is -0.105. The second-order valence-electron chi connectivity index (χ2n) is 8.11. The Morgan fingerprint density at radius 2 is 2.26 bits per heavy atom. The van der Waals surface area contributed by atoms with Gasteiger partial charge in [-0.1, -0.05) is 30.9 Å². The van der Waals surface area contributed by atoms with Gasteiger partial charge in [0, 0.05) is 31.4 Å². The number of hydrogen-bond acceptors (Lipinski definition) is 5. The van der Waals surface area contributed by atoms with E-state index in [1.807, 2.05) is 19.1 Å². The van der Waals surface area contributed by atoms with Gasteiger partial charge in [-0.3, -0.25) is 19.2 Å². The van der Waals surface area contributed by atoms with Gasteiger partial charge in [0.25, 0.3) is 5.91 Å². The highest BCUT2D eigenvalue weighted by Gasteiger charge is 2.46. The molecule has 2 aromatic rings. The predicted octanol–water partition coefficient (Wildman–Crippen LogP) is 3.13. The maximum atomic E-state index is 15.6. The molecule has 8 nitrogen and oxygen atoms in total. The first-order valence-corrected chi connectivity index (χ1v) is 10.7. The molecule has 0 saturated carbocycles. The number of nitrogens with one attached hydrogen (secondary N) is 1. The molecule has 0 spiro atoms. The van der Waals surface area contributed by atoms with Crippen LogP contribution in [0.3, 0.4) is 0 Å². The Labute approximate surface area is 196 Å². The van der Waals surface area contributed by atoms with E-state index in [1.165, 1.54) is 16.9 Å². The van der Waals surface area contributed by atoms with E-state index < -0.39 is 23.4 Å². The summed E-state index contributed by atoms with van der Waals surface area (Å²) in [5.41, 5.74) is 5.86. The van der Waals surface area contributed by atoms with Gasteiger partial charge in [0.15, 0.2) is 5.82 Å². The number of carbonyl (C=O) groups excluding carboxylic acids is 2. The number of nitrogens with two attached hydrogens (primary N) is 1. The maximum Gasteiger partial charge on any atom is 0.254 e. The topological polar surface area (TPSA) is 117 Å². The normalized spacial score (nSPS) is 21.0. The van der Waals surface area contributed by atoms with Crippen molar-refractivity contribution in [3.8, 4) is 6.07 Å². The van der Waals surface area contributed by atoms with E-state index in [0.29, 0.717) is 24.1 Å². The Balaban J connectivity index is 1.83. The van der Waals surface area contributed by atoms with E-state index in [0.717, 1.165) is 5.57 Å². The summed E-state index contributed by atoms with van der Waals surface area (Å²) in [6, 6.07) is 6.90. The lowest BCUT2D eigenvalue weighted by Crippen LogP contribution is -2.54. The highest BCUT2D eigenvalue weighted by Crippen LogP contribution is 2.37. The molecule has 10 heteroatoms. The summed E-state index contributed by atoms with van der Waals surface area (Å²) in [7, 11) is 0. The molecule has 34 heavy (non-hydrogen) atoms. The first kappa shape index (κ1) is 24.8. The number of anilines is 1. The molecule has 1 saturated heterocycles. The first-order chi connectivity index (χ1) is 16.3. The highest BCUT2D eigenvalue weighted by molar-refractivity contribution is 5.99. The third-order valence-corrected chi connectivity index (χ3v) is 6.19. The molecule has 2 heterocycles. The van der Waals surface area contributed by atoms with Crippen molar-refractivity contribution in [3.63, 3.8) is 0 Å². The molecule has 178 valence electrons. The van der Waals surface area contributed by atoms with Crippen molar-refractivity contribution >= 4 is 23.7 Å². The number of alkyl halides is 1. The van der Waals surface area contributed by atoms with Crippen LogP contribution in [0.25, 0.3) is 5.57 Å². The summed E-state index contributed by atoms with van der Waals surface area (Å²) < 4.78 is 31.6. The Morgan fingerprint density at radius 1 is 1.50 bits per heavy atom. The van der Waals surface area contributed by atoms with Crippen LogP contribution >= 0.6 is 0 Å². The molecule has 1 aliphatic heterocycles. The SMILES string of the molecule is C=C/C(=C\C)c1ccc(CN2CCC(CC#N)(n3cc(C(N)=O)c(NC=O)n3)C(F)C2)c(F)c1. The number of piperidine rings is 1. The molecule has 2 amide bonds.